The molecule has 2 rings (SSSR count). The maximum absolute atomic E-state index is 10.8. The first-order valence-electron chi connectivity index (χ1n) is 7.88. The quantitative estimate of drug-likeness (QED) is 0.354. The second kappa shape index (κ2) is 6.20. The highest BCUT2D eigenvalue weighted by Crippen LogP contribution is 2.43. The van der Waals surface area contributed by atoms with Crippen molar-refractivity contribution in [2.75, 3.05) is 11.0 Å². The van der Waals surface area contributed by atoms with Crippen molar-refractivity contribution in [1.82, 2.24) is 5.32 Å². The summed E-state index contributed by atoms with van der Waals surface area (Å²) in [5.74, 6) is 0.241. The zero-order valence-electron chi connectivity index (χ0n) is 15.2. The highest BCUT2D eigenvalue weighted by molar-refractivity contribution is 8.15. The maximum Gasteiger partial charge on any atom is 0.191 e. The van der Waals surface area contributed by atoms with Gasteiger partial charge in [-0.1, -0.05) is 41.5 Å². The lowest BCUT2D eigenvalue weighted by Gasteiger charge is -2.29. The molecule has 0 aliphatic carbocycles. The largest absolute Gasteiger partial charge is 0.507 e. The van der Waals surface area contributed by atoms with Gasteiger partial charge in [-0.25, -0.2) is 4.99 Å². The van der Waals surface area contributed by atoms with Gasteiger partial charge in [0.25, 0.3) is 0 Å². The zero-order chi connectivity index (χ0) is 18.3. The van der Waals surface area contributed by atoms with Gasteiger partial charge < -0.3 is 16.2 Å². The van der Waals surface area contributed by atoms with Gasteiger partial charge in [0.1, 0.15) is 12.4 Å². The molecule has 0 radical (unpaired) electrons. The number of hydrogen-bond donors (Lipinski definition) is 4. The van der Waals surface area contributed by atoms with Crippen molar-refractivity contribution in [1.29, 1.82) is 5.41 Å². The smallest absolute Gasteiger partial charge is 0.191 e. The number of nitrogens with two attached hydrogens (primary N) is 1. The lowest BCUT2D eigenvalue weighted by atomic mass is 9.79. The Morgan fingerprint density at radius 1 is 1.21 bits per heavy atom. The molecule has 1 aliphatic heterocycles. The topological polar surface area (TPSA) is 97.7 Å². The number of phenols is 1. The third-order valence-corrected chi connectivity index (χ3v) is 4.73. The van der Waals surface area contributed by atoms with Crippen LogP contribution in [0.5, 0.6) is 5.75 Å². The summed E-state index contributed by atoms with van der Waals surface area (Å²) in [6.45, 7) is 13.0. The van der Waals surface area contributed by atoms with Gasteiger partial charge in [0.15, 0.2) is 11.1 Å². The Hall–Kier alpha value is -1.89. The van der Waals surface area contributed by atoms with Gasteiger partial charge >= 0.3 is 0 Å². The van der Waals surface area contributed by atoms with Gasteiger partial charge in [-0.3, -0.25) is 9.71 Å². The normalized spacial score (nSPS) is 15.4. The Kier molecular flexibility index (Phi) is 4.77. The predicted molar refractivity (Wildman–Crippen MR) is 103 cm³/mol. The van der Waals surface area contributed by atoms with Crippen LogP contribution in [0.25, 0.3) is 0 Å². The number of aromatic hydroxyl groups is 1. The predicted octanol–water partition coefficient (Wildman–Crippen LogP) is 3.25. The molecule has 6 nitrogen and oxygen atoms in total. The molecule has 5 N–H and O–H groups in total. The third kappa shape index (κ3) is 3.95. The molecule has 1 aromatic rings. The van der Waals surface area contributed by atoms with E-state index < -0.39 is 0 Å². The molecule has 1 heterocycles. The van der Waals surface area contributed by atoms with E-state index >= 15 is 0 Å². The lowest BCUT2D eigenvalue weighted by Crippen LogP contribution is -2.33. The van der Waals surface area contributed by atoms with Crippen LogP contribution in [0.3, 0.4) is 0 Å². The molecule has 0 amide bonds. The lowest BCUT2D eigenvalue weighted by molar-refractivity contribution is 0.423. The first kappa shape index (κ1) is 18.4. The van der Waals surface area contributed by atoms with E-state index in [2.05, 4.69) is 51.9 Å². The van der Waals surface area contributed by atoms with Gasteiger partial charge in [0, 0.05) is 23.1 Å². The van der Waals surface area contributed by atoms with Gasteiger partial charge in [0.2, 0.25) is 0 Å². The molecule has 0 bridgehead atoms. The minimum absolute atomic E-state index is 0.125. The van der Waals surface area contributed by atoms with E-state index in [-0.39, 0.29) is 16.8 Å². The minimum Gasteiger partial charge on any atom is -0.507 e. The fraction of sp³-hybridized carbons (Fsp3) is 0.529. The molecule has 0 saturated carbocycles. The van der Waals surface area contributed by atoms with Crippen molar-refractivity contribution in [3.8, 4) is 5.75 Å². The van der Waals surface area contributed by atoms with Crippen LogP contribution in [-0.2, 0) is 10.8 Å². The average Bonchev–Trinajstić information content (AvgIpc) is 2.83. The van der Waals surface area contributed by atoms with E-state index in [1.54, 1.807) is 0 Å². The summed E-state index contributed by atoms with van der Waals surface area (Å²) >= 11 is 1.41. The molecule has 132 valence electrons. The molecule has 0 unspecified atom stereocenters. The van der Waals surface area contributed by atoms with Gasteiger partial charge in [-0.05, 0) is 23.0 Å². The fourth-order valence-corrected chi connectivity index (χ4v) is 3.32. The molecule has 7 heteroatoms. The van der Waals surface area contributed by atoms with E-state index in [4.69, 9.17) is 11.1 Å². The van der Waals surface area contributed by atoms with Crippen molar-refractivity contribution in [3.05, 3.63) is 23.3 Å². The Morgan fingerprint density at radius 3 is 2.12 bits per heavy atom. The van der Waals surface area contributed by atoms with Crippen molar-refractivity contribution < 1.29 is 5.11 Å². The number of nitrogens with one attached hydrogen (secondary N) is 2. The van der Waals surface area contributed by atoms with E-state index in [0.29, 0.717) is 17.6 Å². The second-order valence-corrected chi connectivity index (χ2v) is 9.01. The van der Waals surface area contributed by atoms with Crippen molar-refractivity contribution in [2.24, 2.45) is 10.7 Å². The number of amidine groups is 1. The first-order valence-corrected chi connectivity index (χ1v) is 8.66. The Bertz CT molecular complexity index is 650. The molecule has 1 aliphatic rings. The van der Waals surface area contributed by atoms with Crippen LogP contribution >= 0.6 is 11.9 Å². The summed E-state index contributed by atoms with van der Waals surface area (Å²) in [7, 11) is 0. The summed E-state index contributed by atoms with van der Waals surface area (Å²) in [6.07, 6.45) is 0. The Balaban J connectivity index is 2.43. The minimum atomic E-state index is -0.175. The number of aliphatic imine (C=N–C) groups is 1. The van der Waals surface area contributed by atoms with Crippen LogP contribution in [0.15, 0.2) is 17.1 Å². The van der Waals surface area contributed by atoms with E-state index in [9.17, 15) is 5.11 Å². The highest BCUT2D eigenvalue weighted by atomic mass is 32.2. The van der Waals surface area contributed by atoms with Crippen LogP contribution in [-0.4, -0.2) is 22.9 Å². The summed E-state index contributed by atoms with van der Waals surface area (Å²) in [5, 5.41) is 21.4. The molecular formula is C17H27N5OS. The molecule has 0 saturated heterocycles. The van der Waals surface area contributed by atoms with Crippen LogP contribution in [0.1, 0.15) is 52.7 Å². The number of rotatable bonds is 1. The monoisotopic (exact) mass is 349 g/mol. The highest BCUT2D eigenvalue weighted by Gasteiger charge is 2.29. The molecule has 0 aromatic heterocycles. The number of anilines is 1. The molecule has 0 atom stereocenters. The maximum atomic E-state index is 10.8. The summed E-state index contributed by atoms with van der Waals surface area (Å²) in [4.78, 5) is 4.35. The Labute approximate surface area is 148 Å². The van der Waals surface area contributed by atoms with Crippen molar-refractivity contribution >= 4 is 28.8 Å². The SMILES string of the molecule is CC(C)(C)c1cc(N2CN=C(NC(=N)N)S2)cc(C(C)(C)C)c1O. The fourth-order valence-electron chi connectivity index (χ4n) is 2.51. The standard InChI is InChI=1S/C17H27N5OS/c1-16(2,3)11-7-10(8-12(13(11)23)17(4,5)6)22-9-20-15(24-22)21-14(18)19/h7-8,23H,9H2,1-6H3,(H4,18,19,20,21). The summed E-state index contributed by atoms with van der Waals surface area (Å²) in [6, 6.07) is 4.04. The number of nitrogens with zero attached hydrogens (tertiary/aromatic N) is 2. The summed E-state index contributed by atoms with van der Waals surface area (Å²) in [5.41, 5.74) is 7.83. The van der Waals surface area contributed by atoms with Gasteiger partial charge in [-0.2, -0.15) is 0 Å². The van der Waals surface area contributed by atoms with Crippen LogP contribution in [0.4, 0.5) is 5.69 Å². The van der Waals surface area contributed by atoms with Crippen molar-refractivity contribution in [3.63, 3.8) is 0 Å². The van der Waals surface area contributed by atoms with E-state index in [1.165, 1.54) is 11.9 Å². The molecule has 24 heavy (non-hydrogen) atoms. The van der Waals surface area contributed by atoms with Crippen LogP contribution < -0.4 is 15.4 Å². The molecule has 0 fully saturated rings. The first-order chi connectivity index (χ1) is 10.9. The number of hydrogen-bond acceptors (Lipinski definition) is 5. The van der Waals surface area contributed by atoms with Gasteiger partial charge in [-0.15, -0.1) is 0 Å². The molecule has 1 aromatic carbocycles. The third-order valence-electron chi connectivity index (χ3n) is 3.78. The van der Waals surface area contributed by atoms with Gasteiger partial charge in [0.05, 0.1) is 5.69 Å². The average molecular weight is 350 g/mol. The van der Waals surface area contributed by atoms with E-state index in [1.807, 2.05) is 16.4 Å². The zero-order valence-corrected chi connectivity index (χ0v) is 16.0. The van der Waals surface area contributed by atoms with E-state index in [0.717, 1.165) is 16.8 Å². The number of guanidine groups is 1. The Morgan fingerprint density at radius 2 is 1.71 bits per heavy atom. The van der Waals surface area contributed by atoms with Crippen molar-refractivity contribution in [2.45, 2.75) is 52.4 Å². The second-order valence-electron chi connectivity index (χ2n) is 8.00. The summed E-state index contributed by atoms with van der Waals surface area (Å²) < 4.78 is 2.02. The molecular weight excluding hydrogens is 322 g/mol. The van der Waals surface area contributed by atoms with Crippen LogP contribution in [0.2, 0.25) is 0 Å². The molecule has 0 spiro atoms. The number of phenolic OH excluding ortho intramolecular Hbond substituents is 1. The number of benzene rings is 1. The van der Waals surface area contributed by atoms with Crippen LogP contribution in [0, 0.1) is 5.41 Å².